The van der Waals surface area contributed by atoms with E-state index in [0.717, 1.165) is 0 Å². The fourth-order valence-corrected chi connectivity index (χ4v) is 0. The quantitative estimate of drug-likeness (QED) is 0.269. The molecule has 0 unspecified atom stereocenters. The van der Waals surface area contributed by atoms with E-state index in [1.165, 1.54) is 0 Å². The molecular formula is H6MgO5Ti4Zn. The average molecular weight is 367 g/mol. The maximum atomic E-state index is 8.38. The molecule has 0 fully saturated rings. The summed E-state index contributed by atoms with van der Waals surface area (Å²) >= 11 is 0.125. The monoisotopic (exact) mass is 366 g/mol. The summed E-state index contributed by atoms with van der Waals surface area (Å²) in [4.78, 5) is 0. The summed E-state index contributed by atoms with van der Waals surface area (Å²) in [6.07, 6.45) is 0. The van der Waals surface area contributed by atoms with Gasteiger partial charge in [0.1, 0.15) is 0 Å². The summed E-state index contributed by atoms with van der Waals surface area (Å²) in [5, 5.41) is 24.0. The first-order valence-electron chi connectivity index (χ1n) is 0.689. The molecule has 4 N–H and O–H groups in total. The van der Waals surface area contributed by atoms with E-state index in [-0.39, 0.29) is 131 Å². The molecule has 0 aromatic rings. The Bertz CT molecular complexity index is 26.5. The van der Waals surface area contributed by atoms with E-state index in [1.807, 2.05) is 0 Å². The topological polar surface area (TPSA) is 98.0 Å². The van der Waals surface area contributed by atoms with Gasteiger partial charge in [-0.2, -0.15) is 0 Å². The largest absolute Gasteiger partial charge is 0 e. The van der Waals surface area contributed by atoms with Crippen LogP contribution in [-0.4, -0.2) is 44.1 Å². The summed E-state index contributed by atoms with van der Waals surface area (Å²) in [7, 11) is 0. The zero-order chi connectivity index (χ0) is 6.00. The maximum absolute atomic E-state index is 8.38. The maximum Gasteiger partial charge on any atom is 0 e. The molecule has 0 spiro atoms. The van der Waals surface area contributed by atoms with Crippen LogP contribution in [0.25, 0.3) is 0 Å². The predicted molar refractivity (Wildman–Crippen MR) is 19.2 cm³/mol. The van der Waals surface area contributed by atoms with Gasteiger partial charge in [0.15, 0.2) is 0 Å². The van der Waals surface area contributed by atoms with Crippen LogP contribution in [0.3, 0.4) is 0 Å². The summed E-state index contributed by atoms with van der Waals surface area (Å²) in [5.41, 5.74) is 0. The van der Waals surface area contributed by atoms with Crippen molar-refractivity contribution in [3.8, 4) is 0 Å². The minimum atomic E-state index is 0. The van der Waals surface area contributed by atoms with Gasteiger partial charge < -0.3 is 2.85 Å². The summed E-state index contributed by atoms with van der Waals surface area (Å²) < 4.78 is 8.38. The molecule has 11 heteroatoms. The molecular weight excluding hydrogens is 361 g/mol. The number of rotatable bonds is 0. The summed E-state index contributed by atoms with van der Waals surface area (Å²) in [5.74, 6) is 0. The normalized spacial score (nSPS) is 1.64. The molecule has 0 heterocycles. The predicted octanol–water partition coefficient (Wildman–Crippen LogP) is -0.252. The van der Waals surface area contributed by atoms with E-state index in [0.29, 0.717) is 0 Å². The third kappa shape index (κ3) is 130. The second-order valence-electron chi connectivity index (χ2n) is 0. The number of hydrogen-bond acceptors (Lipinski definition) is 5. The van der Waals surface area contributed by atoms with Crippen LogP contribution in [0.4, 0.5) is 0 Å². The standard InChI is InChI=1S/Mg.2H2O2.O.4Ti.Zn.2H/c;2*1-2;;;;;;;;/h;2*1-2H;;;;;;;;/q+2;;;;;;;;;2*-1. The van der Waals surface area contributed by atoms with Crippen molar-refractivity contribution < 1.29 is 133 Å². The first kappa shape index (κ1) is 60.5. The molecule has 0 aliphatic carbocycles. The smallest absolute Gasteiger partial charge is 0 e. The van der Waals surface area contributed by atoms with Crippen molar-refractivity contribution >= 4 is 23.1 Å². The van der Waals surface area contributed by atoms with E-state index < -0.39 is 0 Å². The van der Waals surface area contributed by atoms with Crippen LogP contribution >= 0.6 is 0 Å². The fraction of sp³-hybridized carbons (Fsp3) is 0. The van der Waals surface area contributed by atoms with E-state index in [9.17, 15) is 0 Å². The van der Waals surface area contributed by atoms with Crippen molar-refractivity contribution in [2.75, 3.05) is 0 Å². The zero-order valence-electron chi connectivity index (χ0n) is 7.61. The van der Waals surface area contributed by atoms with Crippen molar-refractivity contribution in [2.24, 2.45) is 0 Å². The van der Waals surface area contributed by atoms with Gasteiger partial charge in [-0.3, -0.25) is 21.0 Å². The van der Waals surface area contributed by atoms with Gasteiger partial charge in [-0.15, -0.1) is 0 Å². The number of hydrogen-bond donors (Lipinski definition) is 4. The van der Waals surface area contributed by atoms with E-state index >= 15 is 0 Å². The first-order valence-corrected chi connectivity index (χ1v) is 1.90. The van der Waals surface area contributed by atoms with Gasteiger partial charge >= 0.3 is 44.9 Å². The third-order valence-corrected chi connectivity index (χ3v) is 0. The van der Waals surface area contributed by atoms with Gasteiger partial charge in [0.05, 0.1) is 0 Å². The molecule has 0 bridgehead atoms. The van der Waals surface area contributed by atoms with Gasteiger partial charge in [-0.1, -0.05) is 0 Å². The van der Waals surface area contributed by atoms with Crippen molar-refractivity contribution in [3.63, 3.8) is 0 Å². The Morgan fingerprint density at radius 3 is 0.727 bits per heavy atom. The van der Waals surface area contributed by atoms with E-state index in [2.05, 4.69) is 0 Å². The molecule has 0 aliphatic heterocycles. The second kappa shape index (κ2) is 153. The Balaban J connectivity index is -0.00000000102. The molecule has 5 nitrogen and oxygen atoms in total. The van der Waals surface area contributed by atoms with Crippen molar-refractivity contribution in [1.29, 1.82) is 0 Å². The Kier molecular flexibility index (Phi) is 840. The van der Waals surface area contributed by atoms with Crippen LogP contribution in [0.1, 0.15) is 2.85 Å². The summed E-state index contributed by atoms with van der Waals surface area (Å²) in [6.45, 7) is 0. The minimum Gasteiger partial charge on any atom is 0 e. The van der Waals surface area contributed by atoms with Crippen molar-refractivity contribution in [1.82, 2.24) is 0 Å². The molecule has 56 valence electrons. The second-order valence-corrected chi connectivity index (χ2v) is 0. The summed E-state index contributed by atoms with van der Waals surface area (Å²) in [6, 6.07) is 0. The molecule has 0 radical (unpaired) electrons. The Labute approximate surface area is 153 Å². The van der Waals surface area contributed by atoms with Gasteiger partial charge in [0, 0.05) is 86.9 Å². The van der Waals surface area contributed by atoms with E-state index in [1.54, 1.807) is 0 Å². The van der Waals surface area contributed by atoms with Crippen LogP contribution in [0.15, 0.2) is 0 Å². The molecule has 0 saturated heterocycles. The van der Waals surface area contributed by atoms with Crippen molar-refractivity contribution in [2.45, 2.75) is 0 Å². The minimum absolute atomic E-state index is 0. The van der Waals surface area contributed by atoms with Gasteiger partial charge in [0.2, 0.25) is 0 Å². The van der Waals surface area contributed by atoms with Crippen LogP contribution in [0.5, 0.6) is 0 Å². The molecule has 0 rings (SSSR count). The van der Waals surface area contributed by atoms with Crippen molar-refractivity contribution in [3.05, 3.63) is 0 Å². The molecule has 0 amide bonds. The Hall–Kier alpha value is 3.89. The molecule has 0 saturated carbocycles. The van der Waals surface area contributed by atoms with Crippen LogP contribution in [0, 0.1) is 0 Å². The van der Waals surface area contributed by atoms with E-state index in [4.69, 9.17) is 24.6 Å². The first-order chi connectivity index (χ1) is 3.00. The Morgan fingerprint density at radius 1 is 0.727 bits per heavy atom. The molecule has 0 aromatic carbocycles. The fourth-order valence-electron chi connectivity index (χ4n) is 0. The molecule has 0 aromatic heterocycles. The van der Waals surface area contributed by atoms with Crippen LogP contribution in [0.2, 0.25) is 0 Å². The van der Waals surface area contributed by atoms with Gasteiger partial charge in [-0.05, 0) is 0 Å². The van der Waals surface area contributed by atoms with Crippen LogP contribution < -0.4 is 0 Å². The zero-order valence-corrected chi connectivity index (χ0v) is 16.2. The average Bonchev–Trinajstić information content (AvgIpc) is 1.81. The van der Waals surface area contributed by atoms with Crippen LogP contribution in [-0.2, 0) is 109 Å². The molecule has 0 aliphatic rings. The Morgan fingerprint density at radius 2 is 0.727 bits per heavy atom. The van der Waals surface area contributed by atoms with Gasteiger partial charge in [0.25, 0.3) is 0 Å². The van der Waals surface area contributed by atoms with Gasteiger partial charge in [-0.25, -0.2) is 0 Å². The molecule has 11 heavy (non-hydrogen) atoms. The molecule has 0 atom stereocenters. The SMILES string of the molecule is OO.OO.[H-].[H-].[Mg+2].[O]=[Zn].[Ti].[Ti].[Ti].[Ti]. The third-order valence-electron chi connectivity index (χ3n) is 0.